The van der Waals surface area contributed by atoms with Crippen LogP contribution in [0, 0.1) is 5.82 Å². The van der Waals surface area contributed by atoms with Gasteiger partial charge in [0, 0.05) is 10.9 Å². The van der Waals surface area contributed by atoms with Crippen LogP contribution in [0.15, 0.2) is 24.3 Å². The summed E-state index contributed by atoms with van der Waals surface area (Å²) in [5.74, 6) is -1.42. The van der Waals surface area contributed by atoms with Gasteiger partial charge in [0.05, 0.1) is 18.3 Å². The van der Waals surface area contributed by atoms with Crippen LogP contribution < -0.4 is 10.0 Å². The summed E-state index contributed by atoms with van der Waals surface area (Å²) in [6.45, 7) is -0.282. The first-order valence-electron chi connectivity index (χ1n) is 6.93. The monoisotopic (exact) mass is 339 g/mol. The number of sulfonamides is 1. The molecule has 1 unspecified atom stereocenters. The average molecular weight is 339 g/mol. The fraction of sp³-hybridized carbons (Fsp3) is 0.286. The topological polar surface area (TPSA) is 108 Å². The highest BCUT2D eigenvalue weighted by Crippen LogP contribution is 2.16. The summed E-state index contributed by atoms with van der Waals surface area (Å²) in [4.78, 5) is 26.7. The summed E-state index contributed by atoms with van der Waals surface area (Å²) < 4.78 is 37.9. The Morgan fingerprint density at radius 1 is 1.30 bits per heavy atom. The van der Waals surface area contributed by atoms with Crippen LogP contribution in [0.4, 0.5) is 4.39 Å². The molecule has 1 saturated heterocycles. The Morgan fingerprint density at radius 3 is 2.78 bits per heavy atom. The Balaban J connectivity index is 1.63. The van der Waals surface area contributed by atoms with E-state index in [2.05, 4.69) is 15.0 Å². The third-order valence-corrected chi connectivity index (χ3v) is 5.05. The second-order valence-corrected chi connectivity index (χ2v) is 7.22. The van der Waals surface area contributed by atoms with E-state index in [1.165, 1.54) is 24.3 Å². The molecular formula is C14H14FN3O4S. The number of halogens is 1. The Labute approximate surface area is 131 Å². The van der Waals surface area contributed by atoms with Crippen molar-refractivity contribution < 1.29 is 22.4 Å². The van der Waals surface area contributed by atoms with E-state index < -0.39 is 33.6 Å². The molecule has 122 valence electrons. The number of nitrogens with one attached hydrogen (secondary N) is 3. The Kier molecular flexibility index (Phi) is 3.90. The minimum atomic E-state index is -3.38. The second-order valence-electron chi connectivity index (χ2n) is 5.34. The molecular weight excluding hydrogens is 325 g/mol. The number of carbonyl (C=O) groups is 2. The highest BCUT2D eigenvalue weighted by molar-refractivity contribution is 7.89. The maximum Gasteiger partial charge on any atom is 0.268 e. The standard InChI is InChI=1S/C14H14FN3O4S/c15-9-1-2-10-8(5-9)6-12(17-10)14(20)16-7-13(19)11-3-4-23(21,22)18-11/h1-2,5-6,11,17-18H,3-4,7H2,(H,16,20). The highest BCUT2D eigenvalue weighted by Gasteiger charge is 2.31. The van der Waals surface area contributed by atoms with Gasteiger partial charge in [0.1, 0.15) is 11.5 Å². The molecule has 7 nitrogen and oxygen atoms in total. The van der Waals surface area contributed by atoms with Crippen molar-refractivity contribution in [3.05, 3.63) is 35.8 Å². The third kappa shape index (κ3) is 3.40. The van der Waals surface area contributed by atoms with Gasteiger partial charge in [-0.15, -0.1) is 0 Å². The number of rotatable bonds is 4. The van der Waals surface area contributed by atoms with Crippen molar-refractivity contribution in [1.82, 2.24) is 15.0 Å². The van der Waals surface area contributed by atoms with E-state index in [-0.39, 0.29) is 24.4 Å². The lowest BCUT2D eigenvalue weighted by atomic mass is 10.1. The molecule has 2 aromatic rings. The third-order valence-electron chi connectivity index (χ3n) is 3.64. The number of aromatic nitrogens is 1. The molecule has 0 bridgehead atoms. The number of amides is 1. The Bertz CT molecular complexity index is 891. The molecule has 0 radical (unpaired) electrons. The zero-order valence-corrected chi connectivity index (χ0v) is 12.7. The predicted octanol–water partition coefficient (Wildman–Crippen LogP) is 0.298. The molecule has 0 aliphatic carbocycles. The van der Waals surface area contributed by atoms with Gasteiger partial charge in [0.2, 0.25) is 10.0 Å². The van der Waals surface area contributed by atoms with Crippen molar-refractivity contribution >= 4 is 32.6 Å². The molecule has 23 heavy (non-hydrogen) atoms. The minimum absolute atomic E-state index is 0.0923. The van der Waals surface area contributed by atoms with Gasteiger partial charge in [-0.1, -0.05) is 0 Å². The van der Waals surface area contributed by atoms with Gasteiger partial charge in [0.25, 0.3) is 5.91 Å². The summed E-state index contributed by atoms with van der Waals surface area (Å²) in [5, 5.41) is 2.98. The summed E-state index contributed by atoms with van der Waals surface area (Å²) in [6, 6.07) is 4.77. The number of H-pyrrole nitrogens is 1. The summed E-state index contributed by atoms with van der Waals surface area (Å²) in [5.41, 5.74) is 0.803. The van der Waals surface area contributed by atoms with Gasteiger partial charge in [-0.05, 0) is 30.7 Å². The van der Waals surface area contributed by atoms with Crippen molar-refractivity contribution in [2.75, 3.05) is 12.3 Å². The van der Waals surface area contributed by atoms with E-state index in [0.29, 0.717) is 10.9 Å². The summed E-state index contributed by atoms with van der Waals surface area (Å²) in [6.07, 6.45) is 0.197. The van der Waals surface area contributed by atoms with Crippen LogP contribution in [0.1, 0.15) is 16.9 Å². The fourth-order valence-corrected chi connectivity index (χ4v) is 3.79. The number of fused-ring (bicyclic) bond motifs is 1. The summed E-state index contributed by atoms with van der Waals surface area (Å²) in [7, 11) is -3.38. The van der Waals surface area contributed by atoms with E-state index >= 15 is 0 Å². The second kappa shape index (κ2) is 5.74. The fourth-order valence-electron chi connectivity index (χ4n) is 2.45. The normalized spacial score (nSPS) is 19.8. The van der Waals surface area contributed by atoms with E-state index in [1.807, 2.05) is 0 Å². The smallest absolute Gasteiger partial charge is 0.268 e. The lowest BCUT2D eigenvalue weighted by Gasteiger charge is -2.08. The number of hydrogen-bond donors (Lipinski definition) is 3. The van der Waals surface area contributed by atoms with Crippen molar-refractivity contribution in [1.29, 1.82) is 0 Å². The van der Waals surface area contributed by atoms with Gasteiger partial charge in [0.15, 0.2) is 5.78 Å². The largest absolute Gasteiger partial charge is 0.351 e. The minimum Gasteiger partial charge on any atom is -0.351 e. The first-order valence-corrected chi connectivity index (χ1v) is 8.58. The predicted molar refractivity (Wildman–Crippen MR) is 80.9 cm³/mol. The number of ketones is 1. The maximum atomic E-state index is 13.1. The number of benzene rings is 1. The van der Waals surface area contributed by atoms with Crippen LogP contribution in [-0.2, 0) is 14.8 Å². The molecule has 1 aromatic heterocycles. The molecule has 1 atom stereocenters. The van der Waals surface area contributed by atoms with E-state index in [4.69, 9.17) is 0 Å². The van der Waals surface area contributed by atoms with Crippen LogP contribution in [-0.4, -0.2) is 43.4 Å². The van der Waals surface area contributed by atoms with Gasteiger partial charge < -0.3 is 10.3 Å². The molecule has 2 heterocycles. The van der Waals surface area contributed by atoms with Gasteiger partial charge in [-0.25, -0.2) is 17.5 Å². The Hall–Kier alpha value is -2.26. The van der Waals surface area contributed by atoms with Crippen molar-refractivity contribution in [2.45, 2.75) is 12.5 Å². The Morgan fingerprint density at radius 2 is 2.09 bits per heavy atom. The number of Topliss-reactive ketones (excluding diaryl/α,β-unsaturated/α-hetero) is 1. The number of hydrogen-bond acceptors (Lipinski definition) is 4. The highest BCUT2D eigenvalue weighted by atomic mass is 32.2. The molecule has 1 fully saturated rings. The van der Waals surface area contributed by atoms with E-state index in [0.717, 1.165) is 0 Å². The maximum absolute atomic E-state index is 13.1. The van der Waals surface area contributed by atoms with Crippen LogP contribution in [0.3, 0.4) is 0 Å². The van der Waals surface area contributed by atoms with Gasteiger partial charge >= 0.3 is 0 Å². The lowest BCUT2D eigenvalue weighted by Crippen LogP contribution is -2.40. The first kappa shape index (κ1) is 15.6. The lowest BCUT2D eigenvalue weighted by molar-refractivity contribution is -0.119. The molecule has 0 spiro atoms. The molecule has 0 saturated carbocycles. The van der Waals surface area contributed by atoms with Crippen LogP contribution in [0.2, 0.25) is 0 Å². The first-order chi connectivity index (χ1) is 10.8. The SMILES string of the molecule is O=C(NCC(=O)C1CCS(=O)(=O)N1)c1cc2cc(F)ccc2[nH]1. The molecule has 3 N–H and O–H groups in total. The van der Waals surface area contributed by atoms with Gasteiger partial charge in [-0.2, -0.15) is 0 Å². The van der Waals surface area contributed by atoms with Crippen molar-refractivity contribution in [3.63, 3.8) is 0 Å². The molecule has 1 aliphatic heterocycles. The van der Waals surface area contributed by atoms with E-state index in [1.54, 1.807) is 0 Å². The van der Waals surface area contributed by atoms with E-state index in [9.17, 15) is 22.4 Å². The zero-order chi connectivity index (χ0) is 16.6. The average Bonchev–Trinajstić information content (AvgIpc) is 3.07. The zero-order valence-electron chi connectivity index (χ0n) is 11.9. The number of aromatic amines is 1. The van der Waals surface area contributed by atoms with Crippen molar-refractivity contribution in [2.24, 2.45) is 0 Å². The van der Waals surface area contributed by atoms with Crippen LogP contribution in [0.25, 0.3) is 10.9 Å². The molecule has 1 aromatic carbocycles. The number of carbonyl (C=O) groups excluding carboxylic acids is 2. The van der Waals surface area contributed by atoms with Gasteiger partial charge in [-0.3, -0.25) is 9.59 Å². The van der Waals surface area contributed by atoms with Crippen LogP contribution in [0.5, 0.6) is 0 Å². The van der Waals surface area contributed by atoms with Crippen LogP contribution >= 0.6 is 0 Å². The molecule has 1 aliphatic rings. The summed E-state index contributed by atoms with van der Waals surface area (Å²) >= 11 is 0. The quantitative estimate of drug-likeness (QED) is 0.744. The molecule has 9 heteroatoms. The molecule has 1 amide bonds. The molecule has 3 rings (SSSR count). The van der Waals surface area contributed by atoms with Crippen molar-refractivity contribution in [3.8, 4) is 0 Å².